The van der Waals surface area contributed by atoms with Crippen molar-refractivity contribution in [3.05, 3.63) is 60.9 Å². The van der Waals surface area contributed by atoms with Gasteiger partial charge in [-0.05, 0) is 30.3 Å². The van der Waals surface area contributed by atoms with Gasteiger partial charge in [0, 0.05) is 37.4 Å². The molecule has 9 nitrogen and oxygen atoms in total. The van der Waals surface area contributed by atoms with Crippen LogP contribution in [0, 0.1) is 11.7 Å². The molecule has 0 saturated carbocycles. The van der Waals surface area contributed by atoms with E-state index in [0.29, 0.717) is 24.7 Å². The number of aliphatic hydroxyl groups excluding tert-OH is 1. The van der Waals surface area contributed by atoms with E-state index in [0.717, 1.165) is 16.9 Å². The van der Waals surface area contributed by atoms with Crippen LogP contribution in [0.5, 0.6) is 0 Å². The SMILES string of the molecule is C[C@H]1CN(c2ccncc2Nc2ncc3ccc(-c4ncccc4F)nn23)CC(N)[C@@H]1O. The second kappa shape index (κ2) is 8.13. The van der Waals surface area contributed by atoms with E-state index < -0.39 is 11.9 Å². The first kappa shape index (κ1) is 20.3. The Labute approximate surface area is 183 Å². The highest BCUT2D eigenvalue weighted by Gasteiger charge is 2.31. The van der Waals surface area contributed by atoms with Gasteiger partial charge in [-0.3, -0.25) is 9.97 Å². The molecule has 0 radical (unpaired) electrons. The number of piperidine rings is 1. The fraction of sp³-hybridized carbons (Fsp3) is 0.273. The van der Waals surface area contributed by atoms with Crippen molar-refractivity contribution >= 4 is 22.8 Å². The van der Waals surface area contributed by atoms with Gasteiger partial charge in [0.1, 0.15) is 11.4 Å². The summed E-state index contributed by atoms with van der Waals surface area (Å²) in [6.45, 7) is 3.17. The topological polar surface area (TPSA) is 117 Å². The Kier molecular flexibility index (Phi) is 5.16. The summed E-state index contributed by atoms with van der Waals surface area (Å²) in [5, 5.41) is 18.0. The van der Waals surface area contributed by atoms with Crippen LogP contribution in [-0.4, -0.2) is 54.9 Å². The van der Waals surface area contributed by atoms with Crippen molar-refractivity contribution in [3.63, 3.8) is 0 Å². The quantitative estimate of drug-likeness (QED) is 0.448. The molecule has 0 aliphatic carbocycles. The lowest BCUT2D eigenvalue weighted by molar-refractivity contribution is 0.0785. The van der Waals surface area contributed by atoms with Crippen LogP contribution in [0.4, 0.5) is 21.7 Å². The molecule has 1 saturated heterocycles. The van der Waals surface area contributed by atoms with E-state index in [4.69, 9.17) is 5.73 Å². The number of aromatic nitrogens is 5. The zero-order chi connectivity index (χ0) is 22.2. The number of pyridine rings is 2. The van der Waals surface area contributed by atoms with Crippen LogP contribution in [0.2, 0.25) is 0 Å². The summed E-state index contributed by atoms with van der Waals surface area (Å²) >= 11 is 0. The molecular formula is C22H23FN8O. The lowest BCUT2D eigenvalue weighted by Crippen LogP contribution is -2.55. The minimum atomic E-state index is -0.532. The van der Waals surface area contributed by atoms with Crippen LogP contribution in [0.3, 0.4) is 0 Å². The number of fused-ring (bicyclic) bond motifs is 1. The first-order valence-corrected chi connectivity index (χ1v) is 10.4. The van der Waals surface area contributed by atoms with Crippen molar-refractivity contribution < 1.29 is 9.50 Å². The standard InChI is InChI=1S/C22H23FN8O/c1-13-11-30(12-16(24)21(13)32)19-6-8-25-10-18(19)28-22-27-9-14-4-5-17(29-31(14)22)20-15(23)3-2-7-26-20/h2-10,13,16,21,32H,11-12,24H2,1H3,(H,27,28)/t13-,16?,21+/m0/s1. The number of nitrogens with zero attached hydrogens (tertiary/aromatic N) is 6. The predicted molar refractivity (Wildman–Crippen MR) is 119 cm³/mol. The second-order valence-corrected chi connectivity index (χ2v) is 8.03. The number of nitrogens with two attached hydrogens (primary N) is 1. The average Bonchev–Trinajstić information content (AvgIpc) is 3.20. The van der Waals surface area contributed by atoms with Gasteiger partial charge in [-0.15, -0.1) is 0 Å². The van der Waals surface area contributed by atoms with Crippen molar-refractivity contribution in [1.82, 2.24) is 24.6 Å². The number of halogens is 1. The zero-order valence-corrected chi connectivity index (χ0v) is 17.4. The molecule has 164 valence electrons. The molecule has 0 aromatic carbocycles. The lowest BCUT2D eigenvalue weighted by Gasteiger charge is -2.40. The molecule has 0 bridgehead atoms. The van der Waals surface area contributed by atoms with E-state index in [-0.39, 0.29) is 17.7 Å². The van der Waals surface area contributed by atoms with E-state index in [1.54, 1.807) is 29.2 Å². The number of anilines is 3. The molecule has 5 heterocycles. The van der Waals surface area contributed by atoms with E-state index >= 15 is 0 Å². The molecule has 4 aromatic heterocycles. The van der Waals surface area contributed by atoms with Crippen molar-refractivity contribution in [1.29, 1.82) is 0 Å². The van der Waals surface area contributed by atoms with Gasteiger partial charge in [-0.2, -0.15) is 9.61 Å². The maximum atomic E-state index is 14.2. The van der Waals surface area contributed by atoms with Crippen molar-refractivity contribution in [3.8, 4) is 11.4 Å². The van der Waals surface area contributed by atoms with Crippen LogP contribution >= 0.6 is 0 Å². The van der Waals surface area contributed by atoms with Gasteiger partial charge in [0.25, 0.3) is 0 Å². The third kappa shape index (κ3) is 3.63. The Balaban J connectivity index is 1.49. The Morgan fingerprint density at radius 2 is 2.00 bits per heavy atom. The molecule has 1 unspecified atom stereocenters. The molecule has 3 atom stereocenters. The minimum Gasteiger partial charge on any atom is -0.391 e. The summed E-state index contributed by atoms with van der Waals surface area (Å²) in [6, 6.07) is 7.97. The van der Waals surface area contributed by atoms with E-state index in [9.17, 15) is 9.50 Å². The van der Waals surface area contributed by atoms with Crippen LogP contribution in [0.15, 0.2) is 55.1 Å². The Morgan fingerprint density at radius 1 is 1.12 bits per heavy atom. The highest BCUT2D eigenvalue weighted by atomic mass is 19.1. The molecule has 4 aromatic rings. The molecule has 5 rings (SSSR count). The predicted octanol–water partition coefficient (Wildman–Crippen LogP) is 2.21. The van der Waals surface area contributed by atoms with Gasteiger partial charge >= 0.3 is 0 Å². The summed E-state index contributed by atoms with van der Waals surface area (Å²) in [5.74, 6) is 0.0487. The molecule has 10 heteroatoms. The largest absolute Gasteiger partial charge is 0.391 e. The molecule has 0 spiro atoms. The molecular weight excluding hydrogens is 411 g/mol. The molecule has 0 amide bonds. The Morgan fingerprint density at radius 3 is 2.81 bits per heavy atom. The van der Waals surface area contributed by atoms with Gasteiger partial charge in [-0.25, -0.2) is 9.37 Å². The highest BCUT2D eigenvalue weighted by Crippen LogP contribution is 2.31. The normalized spacial score (nSPS) is 21.1. The van der Waals surface area contributed by atoms with E-state index in [2.05, 4.69) is 30.3 Å². The average molecular weight is 434 g/mol. The Bertz CT molecular complexity index is 1250. The first-order chi connectivity index (χ1) is 15.5. The van der Waals surface area contributed by atoms with Gasteiger partial charge in [0.2, 0.25) is 5.95 Å². The zero-order valence-electron chi connectivity index (χ0n) is 17.4. The van der Waals surface area contributed by atoms with Crippen molar-refractivity contribution in [2.45, 2.75) is 19.1 Å². The molecule has 1 fully saturated rings. The van der Waals surface area contributed by atoms with Gasteiger partial charge in [-0.1, -0.05) is 6.92 Å². The molecule has 1 aliphatic heterocycles. The van der Waals surface area contributed by atoms with Gasteiger partial charge < -0.3 is 21.1 Å². The van der Waals surface area contributed by atoms with Crippen LogP contribution in [0.25, 0.3) is 16.9 Å². The third-order valence-corrected chi connectivity index (χ3v) is 5.73. The third-order valence-electron chi connectivity index (χ3n) is 5.73. The summed E-state index contributed by atoms with van der Waals surface area (Å²) < 4.78 is 15.8. The first-order valence-electron chi connectivity index (χ1n) is 10.4. The van der Waals surface area contributed by atoms with Gasteiger partial charge in [0.05, 0.1) is 35.4 Å². The van der Waals surface area contributed by atoms with Crippen molar-refractivity contribution in [2.24, 2.45) is 11.7 Å². The second-order valence-electron chi connectivity index (χ2n) is 8.03. The van der Waals surface area contributed by atoms with Crippen LogP contribution < -0.4 is 16.0 Å². The lowest BCUT2D eigenvalue weighted by atomic mass is 9.92. The molecule has 32 heavy (non-hydrogen) atoms. The van der Waals surface area contributed by atoms with Crippen molar-refractivity contribution in [2.75, 3.05) is 23.3 Å². The maximum absolute atomic E-state index is 14.2. The summed E-state index contributed by atoms with van der Waals surface area (Å²) in [6.07, 6.45) is 6.10. The molecule has 1 aliphatic rings. The Hall–Kier alpha value is -3.63. The van der Waals surface area contributed by atoms with Crippen LogP contribution in [0.1, 0.15) is 6.92 Å². The summed E-state index contributed by atoms with van der Waals surface area (Å²) in [5.41, 5.74) is 9.09. The van der Waals surface area contributed by atoms with Gasteiger partial charge in [0.15, 0.2) is 5.82 Å². The van der Waals surface area contributed by atoms with Crippen LogP contribution in [-0.2, 0) is 0 Å². The number of hydrogen-bond donors (Lipinski definition) is 3. The van der Waals surface area contributed by atoms with E-state index in [1.807, 2.05) is 19.1 Å². The number of nitrogens with one attached hydrogen (secondary N) is 1. The number of imidazole rings is 1. The number of hydrogen-bond acceptors (Lipinski definition) is 8. The van der Waals surface area contributed by atoms with E-state index in [1.165, 1.54) is 18.3 Å². The fourth-order valence-electron chi connectivity index (χ4n) is 4.06. The monoisotopic (exact) mass is 434 g/mol. The highest BCUT2D eigenvalue weighted by molar-refractivity contribution is 5.74. The minimum absolute atomic E-state index is 0.0320. The smallest absolute Gasteiger partial charge is 0.229 e. The number of aliphatic hydroxyl groups is 1. The summed E-state index contributed by atoms with van der Waals surface area (Å²) in [4.78, 5) is 14.9. The summed E-state index contributed by atoms with van der Waals surface area (Å²) in [7, 11) is 0. The molecule has 4 N–H and O–H groups in total. The maximum Gasteiger partial charge on any atom is 0.229 e. The fourth-order valence-corrected chi connectivity index (χ4v) is 4.06. The number of rotatable bonds is 4.